The number of nitro groups is 1. The second-order valence-corrected chi connectivity index (χ2v) is 3.33. The molecule has 0 saturated heterocycles. The van der Waals surface area contributed by atoms with Crippen LogP contribution in [0.4, 0.5) is 5.69 Å². The van der Waals surface area contributed by atoms with Gasteiger partial charge in [0.1, 0.15) is 11.8 Å². The Morgan fingerprint density at radius 2 is 2.06 bits per heavy atom. The first-order chi connectivity index (χ1) is 8.00. The molecule has 0 heterocycles. The highest BCUT2D eigenvalue weighted by Crippen LogP contribution is 2.17. The van der Waals surface area contributed by atoms with Gasteiger partial charge in [0, 0.05) is 18.6 Å². The molecule has 0 radical (unpaired) electrons. The van der Waals surface area contributed by atoms with E-state index in [2.05, 4.69) is 0 Å². The molecule has 1 aromatic carbocycles. The third-order valence-electron chi connectivity index (χ3n) is 2.06. The predicted molar refractivity (Wildman–Crippen MR) is 58.8 cm³/mol. The second kappa shape index (κ2) is 5.80. The first-order valence-corrected chi connectivity index (χ1v) is 4.86. The average molecular weight is 240 g/mol. The quantitative estimate of drug-likeness (QED) is 0.560. The van der Waals surface area contributed by atoms with E-state index in [1.54, 1.807) is 0 Å². The maximum atomic E-state index is 10.4. The molecule has 0 saturated carbocycles. The zero-order chi connectivity index (χ0) is 12.8. The smallest absolute Gasteiger partial charge is 0.320 e. The molecule has 0 fully saturated rings. The standard InChI is InChI=1S/C10H12N2O5/c11-9(10(13)14)5-6-17-8-3-1-7(2-4-8)12(15)16/h1-4,9H,5-6,11H2,(H,13,14). The molecular weight excluding hydrogens is 228 g/mol. The topological polar surface area (TPSA) is 116 Å². The van der Waals surface area contributed by atoms with Crippen molar-refractivity contribution >= 4 is 11.7 Å². The molecule has 0 bridgehead atoms. The van der Waals surface area contributed by atoms with Crippen molar-refractivity contribution < 1.29 is 19.6 Å². The molecule has 0 aromatic heterocycles. The molecule has 0 spiro atoms. The zero-order valence-electron chi connectivity index (χ0n) is 8.91. The lowest BCUT2D eigenvalue weighted by molar-refractivity contribution is -0.384. The molecule has 0 aliphatic carbocycles. The summed E-state index contributed by atoms with van der Waals surface area (Å²) in [5.41, 5.74) is 5.25. The van der Waals surface area contributed by atoms with Crippen molar-refractivity contribution in [1.82, 2.24) is 0 Å². The summed E-state index contributed by atoms with van der Waals surface area (Å²) in [5, 5.41) is 18.9. The van der Waals surface area contributed by atoms with E-state index in [9.17, 15) is 14.9 Å². The van der Waals surface area contributed by atoms with Crippen molar-refractivity contribution in [1.29, 1.82) is 0 Å². The number of aliphatic carboxylic acids is 1. The van der Waals surface area contributed by atoms with E-state index in [1.807, 2.05) is 0 Å². The van der Waals surface area contributed by atoms with Gasteiger partial charge in [-0.05, 0) is 12.1 Å². The average Bonchev–Trinajstić information content (AvgIpc) is 2.29. The molecule has 3 N–H and O–H groups in total. The molecule has 1 unspecified atom stereocenters. The van der Waals surface area contributed by atoms with Gasteiger partial charge in [0.25, 0.3) is 5.69 Å². The van der Waals surface area contributed by atoms with Gasteiger partial charge in [-0.25, -0.2) is 0 Å². The van der Waals surface area contributed by atoms with Crippen LogP contribution in [0.15, 0.2) is 24.3 Å². The Balaban J connectivity index is 2.42. The van der Waals surface area contributed by atoms with Crippen molar-refractivity contribution in [3.05, 3.63) is 34.4 Å². The monoisotopic (exact) mass is 240 g/mol. The Kier molecular flexibility index (Phi) is 4.41. The molecule has 1 aromatic rings. The van der Waals surface area contributed by atoms with Crippen molar-refractivity contribution in [3.63, 3.8) is 0 Å². The third-order valence-corrected chi connectivity index (χ3v) is 2.06. The van der Waals surface area contributed by atoms with Crippen molar-refractivity contribution in [2.75, 3.05) is 6.61 Å². The summed E-state index contributed by atoms with van der Waals surface area (Å²) >= 11 is 0. The van der Waals surface area contributed by atoms with E-state index in [-0.39, 0.29) is 18.7 Å². The van der Waals surface area contributed by atoms with Gasteiger partial charge in [0.15, 0.2) is 0 Å². The fourth-order valence-corrected chi connectivity index (χ4v) is 1.09. The Bertz CT molecular complexity index is 404. The third kappa shape index (κ3) is 4.07. The minimum Gasteiger partial charge on any atom is -0.494 e. The highest BCUT2D eigenvalue weighted by Gasteiger charge is 2.11. The number of hydrogen-bond acceptors (Lipinski definition) is 5. The lowest BCUT2D eigenvalue weighted by Gasteiger charge is -2.08. The zero-order valence-corrected chi connectivity index (χ0v) is 8.91. The van der Waals surface area contributed by atoms with Crippen LogP contribution >= 0.6 is 0 Å². The van der Waals surface area contributed by atoms with E-state index in [0.717, 1.165) is 0 Å². The van der Waals surface area contributed by atoms with Crippen LogP contribution in [0.3, 0.4) is 0 Å². The van der Waals surface area contributed by atoms with Gasteiger partial charge in [-0.2, -0.15) is 0 Å². The number of nitrogens with zero attached hydrogens (tertiary/aromatic N) is 1. The maximum Gasteiger partial charge on any atom is 0.320 e. The van der Waals surface area contributed by atoms with E-state index < -0.39 is 16.9 Å². The second-order valence-electron chi connectivity index (χ2n) is 3.33. The number of hydrogen-bond donors (Lipinski definition) is 2. The lowest BCUT2D eigenvalue weighted by Crippen LogP contribution is -2.31. The van der Waals surface area contributed by atoms with Gasteiger partial charge < -0.3 is 15.6 Å². The SMILES string of the molecule is NC(CCOc1ccc([N+](=O)[O-])cc1)C(=O)O. The summed E-state index contributed by atoms with van der Waals surface area (Å²) < 4.78 is 5.20. The van der Waals surface area contributed by atoms with Crippen LogP contribution in [-0.2, 0) is 4.79 Å². The summed E-state index contributed by atoms with van der Waals surface area (Å²) in [4.78, 5) is 20.3. The van der Waals surface area contributed by atoms with Gasteiger partial charge in [-0.15, -0.1) is 0 Å². The molecule has 0 aliphatic rings. The molecule has 92 valence electrons. The van der Waals surface area contributed by atoms with Crippen LogP contribution in [0.25, 0.3) is 0 Å². The number of carboxylic acid groups (broad SMARTS) is 1. The highest BCUT2D eigenvalue weighted by molar-refractivity contribution is 5.72. The summed E-state index contributed by atoms with van der Waals surface area (Å²) in [6, 6.07) is 4.56. The number of carboxylic acids is 1. The Hall–Kier alpha value is -2.15. The van der Waals surface area contributed by atoms with Gasteiger partial charge >= 0.3 is 5.97 Å². The summed E-state index contributed by atoms with van der Waals surface area (Å²) in [6.45, 7) is 0.144. The van der Waals surface area contributed by atoms with Crippen LogP contribution in [0.5, 0.6) is 5.75 Å². The minimum atomic E-state index is -1.09. The van der Waals surface area contributed by atoms with Crippen LogP contribution in [0.2, 0.25) is 0 Å². The van der Waals surface area contributed by atoms with Gasteiger partial charge in [-0.1, -0.05) is 0 Å². The van der Waals surface area contributed by atoms with Crippen LogP contribution in [-0.4, -0.2) is 28.6 Å². The fourth-order valence-electron chi connectivity index (χ4n) is 1.09. The molecule has 17 heavy (non-hydrogen) atoms. The van der Waals surface area contributed by atoms with E-state index in [4.69, 9.17) is 15.6 Å². The number of carbonyl (C=O) groups is 1. The van der Waals surface area contributed by atoms with Crippen LogP contribution in [0.1, 0.15) is 6.42 Å². The number of non-ortho nitro benzene ring substituents is 1. The Labute approximate surface area is 97.0 Å². The van der Waals surface area contributed by atoms with E-state index >= 15 is 0 Å². The number of rotatable bonds is 6. The molecule has 1 atom stereocenters. The summed E-state index contributed by atoms with van der Waals surface area (Å²) in [7, 11) is 0. The Morgan fingerprint density at radius 3 is 2.53 bits per heavy atom. The molecule has 7 nitrogen and oxygen atoms in total. The number of nitrogens with two attached hydrogens (primary N) is 1. The molecule has 0 amide bonds. The van der Waals surface area contributed by atoms with Gasteiger partial charge in [0.2, 0.25) is 0 Å². The first-order valence-electron chi connectivity index (χ1n) is 4.86. The fraction of sp³-hybridized carbons (Fsp3) is 0.300. The largest absolute Gasteiger partial charge is 0.494 e. The van der Waals surface area contributed by atoms with E-state index in [0.29, 0.717) is 5.75 Å². The first kappa shape index (κ1) is 12.9. The summed E-state index contributed by atoms with van der Waals surface area (Å²) in [5.74, 6) is -0.648. The van der Waals surface area contributed by atoms with Crippen molar-refractivity contribution in [2.24, 2.45) is 5.73 Å². The molecular formula is C10H12N2O5. The van der Waals surface area contributed by atoms with Crippen molar-refractivity contribution in [3.8, 4) is 5.75 Å². The Morgan fingerprint density at radius 1 is 1.47 bits per heavy atom. The maximum absolute atomic E-state index is 10.4. The molecule has 7 heteroatoms. The normalized spacial score (nSPS) is 11.8. The molecule has 1 rings (SSSR count). The highest BCUT2D eigenvalue weighted by atomic mass is 16.6. The van der Waals surface area contributed by atoms with Gasteiger partial charge in [-0.3, -0.25) is 14.9 Å². The lowest BCUT2D eigenvalue weighted by atomic mass is 10.2. The summed E-state index contributed by atoms with van der Waals surface area (Å²) in [6.07, 6.45) is 0.173. The van der Waals surface area contributed by atoms with Crippen LogP contribution in [0, 0.1) is 10.1 Å². The van der Waals surface area contributed by atoms with Crippen molar-refractivity contribution in [2.45, 2.75) is 12.5 Å². The van der Waals surface area contributed by atoms with Crippen LogP contribution < -0.4 is 10.5 Å². The van der Waals surface area contributed by atoms with Gasteiger partial charge in [0.05, 0.1) is 11.5 Å². The number of benzene rings is 1. The predicted octanol–water partition coefficient (Wildman–Crippen LogP) is 0.776. The number of nitro benzene ring substituents is 1. The molecule has 0 aliphatic heterocycles. The minimum absolute atomic E-state index is 0.0282. The number of ether oxygens (including phenoxy) is 1. The van der Waals surface area contributed by atoms with E-state index in [1.165, 1.54) is 24.3 Å².